The Bertz CT molecular complexity index is 490. The Morgan fingerprint density at radius 2 is 2.06 bits per heavy atom. The van der Waals surface area contributed by atoms with Crippen molar-refractivity contribution in [1.82, 2.24) is 10.2 Å². The van der Waals surface area contributed by atoms with Gasteiger partial charge in [0.1, 0.15) is 11.5 Å². The SMILES string of the molecule is Brc1ccc(-c2ccc(NC3CC3)nn2)s1. The summed E-state index contributed by atoms with van der Waals surface area (Å²) in [6, 6.07) is 8.70. The molecule has 5 heteroatoms. The lowest BCUT2D eigenvalue weighted by Gasteiger charge is -2.02. The Labute approximate surface area is 106 Å². The maximum atomic E-state index is 4.22. The quantitative estimate of drug-likeness (QED) is 0.941. The van der Waals surface area contributed by atoms with Crippen LogP contribution in [0.4, 0.5) is 5.82 Å². The summed E-state index contributed by atoms with van der Waals surface area (Å²) in [5.41, 5.74) is 0.928. The van der Waals surface area contributed by atoms with E-state index in [1.807, 2.05) is 24.3 Å². The van der Waals surface area contributed by atoms with Crippen LogP contribution < -0.4 is 5.32 Å². The van der Waals surface area contributed by atoms with Crippen molar-refractivity contribution >= 4 is 33.1 Å². The highest BCUT2D eigenvalue weighted by Crippen LogP contribution is 2.30. The van der Waals surface area contributed by atoms with Crippen molar-refractivity contribution in [3.05, 3.63) is 28.1 Å². The standard InChI is InChI=1S/C11H10BrN3S/c12-10-5-4-9(16-10)8-3-6-11(15-14-8)13-7-1-2-7/h3-7H,1-2H2,(H,13,15). The second-order valence-corrected chi connectivity index (χ2v) is 6.29. The van der Waals surface area contributed by atoms with Crippen molar-refractivity contribution in [3.8, 4) is 10.6 Å². The van der Waals surface area contributed by atoms with Gasteiger partial charge in [0.25, 0.3) is 0 Å². The Morgan fingerprint density at radius 1 is 1.19 bits per heavy atom. The van der Waals surface area contributed by atoms with Gasteiger partial charge in [0.15, 0.2) is 0 Å². The Hall–Kier alpha value is -0.940. The van der Waals surface area contributed by atoms with Gasteiger partial charge in [-0.25, -0.2) is 0 Å². The zero-order chi connectivity index (χ0) is 11.0. The van der Waals surface area contributed by atoms with E-state index in [2.05, 4.69) is 31.4 Å². The van der Waals surface area contributed by atoms with Crippen molar-refractivity contribution in [2.24, 2.45) is 0 Å². The van der Waals surface area contributed by atoms with Crippen molar-refractivity contribution in [2.75, 3.05) is 5.32 Å². The first-order chi connectivity index (χ1) is 7.81. The zero-order valence-corrected chi connectivity index (χ0v) is 10.9. The van der Waals surface area contributed by atoms with Gasteiger partial charge in [0.2, 0.25) is 0 Å². The molecule has 82 valence electrons. The molecular formula is C11H10BrN3S. The van der Waals surface area contributed by atoms with E-state index in [-0.39, 0.29) is 0 Å². The number of hydrogen-bond donors (Lipinski definition) is 1. The molecule has 0 unspecified atom stereocenters. The summed E-state index contributed by atoms with van der Waals surface area (Å²) in [4.78, 5) is 1.14. The second-order valence-electron chi connectivity index (χ2n) is 3.83. The minimum atomic E-state index is 0.621. The molecule has 0 saturated heterocycles. The number of anilines is 1. The largest absolute Gasteiger partial charge is 0.366 e. The number of aromatic nitrogens is 2. The molecule has 0 atom stereocenters. The average molecular weight is 296 g/mol. The molecule has 1 aliphatic carbocycles. The van der Waals surface area contributed by atoms with Gasteiger partial charge in [0.05, 0.1) is 8.66 Å². The first-order valence-corrected chi connectivity index (χ1v) is 6.78. The molecule has 3 nitrogen and oxygen atoms in total. The second kappa shape index (κ2) is 4.14. The molecule has 0 bridgehead atoms. The third-order valence-electron chi connectivity index (χ3n) is 2.42. The van der Waals surface area contributed by atoms with E-state index >= 15 is 0 Å². The smallest absolute Gasteiger partial charge is 0.148 e. The van der Waals surface area contributed by atoms with E-state index in [9.17, 15) is 0 Å². The summed E-state index contributed by atoms with van der Waals surface area (Å²) >= 11 is 5.11. The third kappa shape index (κ3) is 2.25. The summed E-state index contributed by atoms with van der Waals surface area (Å²) in [5, 5.41) is 11.7. The molecule has 2 aromatic heterocycles. The molecule has 16 heavy (non-hydrogen) atoms. The highest BCUT2D eigenvalue weighted by atomic mass is 79.9. The van der Waals surface area contributed by atoms with Gasteiger partial charge >= 0.3 is 0 Å². The predicted octanol–water partition coefficient (Wildman–Crippen LogP) is 3.54. The van der Waals surface area contributed by atoms with Gasteiger partial charge in [-0.1, -0.05) is 0 Å². The van der Waals surface area contributed by atoms with Gasteiger partial charge in [-0.05, 0) is 53.0 Å². The molecular weight excluding hydrogens is 286 g/mol. The van der Waals surface area contributed by atoms with Gasteiger partial charge in [-0.3, -0.25) is 0 Å². The minimum absolute atomic E-state index is 0.621. The molecule has 1 saturated carbocycles. The lowest BCUT2D eigenvalue weighted by atomic mass is 10.3. The Balaban J connectivity index is 1.80. The highest BCUT2D eigenvalue weighted by molar-refractivity contribution is 9.11. The van der Waals surface area contributed by atoms with Gasteiger partial charge < -0.3 is 5.32 Å². The average Bonchev–Trinajstić information content (AvgIpc) is 3.00. The summed E-state index contributed by atoms with van der Waals surface area (Å²) in [6.45, 7) is 0. The minimum Gasteiger partial charge on any atom is -0.366 e. The fourth-order valence-corrected chi connectivity index (χ4v) is 2.78. The fourth-order valence-electron chi connectivity index (χ4n) is 1.43. The lowest BCUT2D eigenvalue weighted by Crippen LogP contribution is -2.03. The van der Waals surface area contributed by atoms with Crippen LogP contribution in [0.3, 0.4) is 0 Å². The van der Waals surface area contributed by atoms with Crippen molar-refractivity contribution in [1.29, 1.82) is 0 Å². The van der Waals surface area contributed by atoms with Crippen molar-refractivity contribution in [2.45, 2.75) is 18.9 Å². The predicted molar refractivity (Wildman–Crippen MR) is 69.7 cm³/mol. The maximum Gasteiger partial charge on any atom is 0.148 e. The van der Waals surface area contributed by atoms with Crippen LogP contribution in [0.1, 0.15) is 12.8 Å². The molecule has 0 amide bonds. The summed E-state index contributed by atoms with van der Waals surface area (Å²) in [6.07, 6.45) is 2.50. The van der Waals surface area contributed by atoms with Crippen LogP contribution in [0.2, 0.25) is 0 Å². The molecule has 1 N–H and O–H groups in total. The van der Waals surface area contributed by atoms with Crippen molar-refractivity contribution in [3.63, 3.8) is 0 Å². The van der Waals surface area contributed by atoms with Crippen LogP contribution in [-0.2, 0) is 0 Å². The van der Waals surface area contributed by atoms with Crippen LogP contribution in [0.5, 0.6) is 0 Å². The topological polar surface area (TPSA) is 37.8 Å². The van der Waals surface area contributed by atoms with Gasteiger partial charge in [-0.2, -0.15) is 0 Å². The Kier molecular flexibility index (Phi) is 2.65. The monoisotopic (exact) mass is 295 g/mol. The van der Waals surface area contributed by atoms with Gasteiger partial charge in [0, 0.05) is 6.04 Å². The van der Waals surface area contributed by atoms with Crippen LogP contribution in [0, 0.1) is 0 Å². The molecule has 2 aromatic rings. The Morgan fingerprint density at radius 3 is 2.62 bits per heavy atom. The van der Waals surface area contributed by atoms with E-state index in [1.54, 1.807) is 11.3 Å². The summed E-state index contributed by atoms with van der Waals surface area (Å²) in [7, 11) is 0. The maximum absolute atomic E-state index is 4.22. The van der Waals surface area contributed by atoms with E-state index in [0.717, 1.165) is 20.2 Å². The van der Waals surface area contributed by atoms with Crippen molar-refractivity contribution < 1.29 is 0 Å². The summed E-state index contributed by atoms with van der Waals surface area (Å²) in [5.74, 6) is 0.877. The molecule has 2 heterocycles. The number of nitrogens with zero attached hydrogens (tertiary/aromatic N) is 2. The highest BCUT2D eigenvalue weighted by Gasteiger charge is 2.21. The van der Waals surface area contributed by atoms with Crippen LogP contribution in [-0.4, -0.2) is 16.2 Å². The van der Waals surface area contributed by atoms with E-state index in [4.69, 9.17) is 0 Å². The first-order valence-electron chi connectivity index (χ1n) is 5.17. The zero-order valence-electron chi connectivity index (χ0n) is 8.48. The van der Waals surface area contributed by atoms with Gasteiger partial charge in [-0.15, -0.1) is 21.5 Å². The number of hydrogen-bond acceptors (Lipinski definition) is 4. The molecule has 1 aliphatic rings. The molecule has 3 rings (SSSR count). The molecule has 1 fully saturated rings. The fraction of sp³-hybridized carbons (Fsp3) is 0.273. The number of rotatable bonds is 3. The lowest BCUT2D eigenvalue weighted by molar-refractivity contribution is 1.01. The number of nitrogens with one attached hydrogen (secondary N) is 1. The normalized spacial score (nSPS) is 15.1. The number of halogens is 1. The molecule has 0 radical (unpaired) electrons. The number of thiophene rings is 1. The van der Waals surface area contributed by atoms with Crippen LogP contribution in [0.15, 0.2) is 28.1 Å². The van der Waals surface area contributed by atoms with E-state index in [0.29, 0.717) is 6.04 Å². The van der Waals surface area contributed by atoms with Crippen LogP contribution >= 0.6 is 27.3 Å². The van der Waals surface area contributed by atoms with E-state index in [1.165, 1.54) is 12.8 Å². The van der Waals surface area contributed by atoms with E-state index < -0.39 is 0 Å². The van der Waals surface area contributed by atoms with Crippen LogP contribution in [0.25, 0.3) is 10.6 Å². The third-order valence-corrected chi connectivity index (χ3v) is 4.07. The summed E-state index contributed by atoms with van der Waals surface area (Å²) < 4.78 is 1.12. The molecule has 0 aromatic carbocycles. The molecule has 0 spiro atoms. The first kappa shape index (κ1) is 10.2. The molecule has 0 aliphatic heterocycles.